The topological polar surface area (TPSA) is 38.0 Å². The van der Waals surface area contributed by atoms with Crippen LogP contribution in [0.1, 0.15) is 6.92 Å². The molecule has 3 N–H and O–H groups in total. The Kier molecular flexibility index (Phi) is 3.38. The molecule has 12 heavy (non-hydrogen) atoms. The molecule has 1 aromatic carbocycles. The van der Waals surface area contributed by atoms with Gasteiger partial charge in [0.05, 0.1) is 0 Å². The third kappa shape index (κ3) is 2.72. The van der Waals surface area contributed by atoms with Gasteiger partial charge in [-0.1, -0.05) is 11.6 Å². The Morgan fingerprint density at radius 3 is 2.50 bits per heavy atom. The maximum Gasteiger partial charge on any atom is 0.0407 e. The molecule has 0 saturated heterocycles. The number of rotatable bonds is 3. The van der Waals surface area contributed by atoms with Crippen molar-refractivity contribution in [3.05, 3.63) is 29.3 Å². The zero-order chi connectivity index (χ0) is 8.97. The van der Waals surface area contributed by atoms with E-state index in [1.54, 1.807) is 0 Å². The van der Waals surface area contributed by atoms with E-state index in [2.05, 4.69) is 5.32 Å². The van der Waals surface area contributed by atoms with E-state index in [-0.39, 0.29) is 0 Å². The number of halogens is 1. The van der Waals surface area contributed by atoms with Gasteiger partial charge in [0.2, 0.25) is 0 Å². The fraction of sp³-hybridized carbons (Fsp3) is 0.333. The maximum absolute atomic E-state index is 5.73. The standard InChI is InChI=1S/C9H13ClN2/c1-7(6-11)12-9-4-2-8(10)3-5-9/h2-5,7,12H,6,11H2,1H3. The van der Waals surface area contributed by atoms with Crippen LogP contribution in [0.25, 0.3) is 0 Å². The van der Waals surface area contributed by atoms with Gasteiger partial charge in [-0.25, -0.2) is 0 Å². The van der Waals surface area contributed by atoms with E-state index in [1.807, 2.05) is 31.2 Å². The molecular weight excluding hydrogens is 172 g/mol. The third-order valence-corrected chi connectivity index (χ3v) is 1.86. The van der Waals surface area contributed by atoms with Gasteiger partial charge < -0.3 is 11.1 Å². The lowest BCUT2D eigenvalue weighted by Crippen LogP contribution is -2.24. The molecule has 0 aromatic heterocycles. The van der Waals surface area contributed by atoms with E-state index < -0.39 is 0 Å². The van der Waals surface area contributed by atoms with Crippen molar-refractivity contribution in [3.63, 3.8) is 0 Å². The molecule has 3 heteroatoms. The molecule has 0 aliphatic rings. The van der Waals surface area contributed by atoms with Crippen molar-refractivity contribution < 1.29 is 0 Å². The fourth-order valence-electron chi connectivity index (χ4n) is 0.890. The van der Waals surface area contributed by atoms with Crippen LogP contribution in [0, 0.1) is 0 Å². The van der Waals surface area contributed by atoms with Crippen LogP contribution >= 0.6 is 11.6 Å². The van der Waals surface area contributed by atoms with Gasteiger partial charge in [-0.2, -0.15) is 0 Å². The second kappa shape index (κ2) is 4.33. The fourth-order valence-corrected chi connectivity index (χ4v) is 1.02. The smallest absolute Gasteiger partial charge is 0.0407 e. The Labute approximate surface area is 77.7 Å². The first-order chi connectivity index (χ1) is 5.72. The van der Waals surface area contributed by atoms with Gasteiger partial charge in [0, 0.05) is 23.3 Å². The number of nitrogens with one attached hydrogen (secondary N) is 1. The summed E-state index contributed by atoms with van der Waals surface area (Å²) in [6.45, 7) is 2.66. The van der Waals surface area contributed by atoms with Gasteiger partial charge in [-0.05, 0) is 31.2 Å². The highest BCUT2D eigenvalue weighted by atomic mass is 35.5. The number of hydrogen-bond donors (Lipinski definition) is 2. The third-order valence-electron chi connectivity index (χ3n) is 1.61. The van der Waals surface area contributed by atoms with Crippen LogP contribution in [-0.4, -0.2) is 12.6 Å². The van der Waals surface area contributed by atoms with Gasteiger partial charge >= 0.3 is 0 Å². The van der Waals surface area contributed by atoms with Crippen LogP contribution in [0.5, 0.6) is 0 Å². The van der Waals surface area contributed by atoms with E-state index in [9.17, 15) is 0 Å². The molecule has 0 spiro atoms. The number of anilines is 1. The molecule has 0 heterocycles. The maximum atomic E-state index is 5.73. The van der Waals surface area contributed by atoms with Crippen LogP contribution in [0.2, 0.25) is 5.02 Å². The lowest BCUT2D eigenvalue weighted by molar-refractivity contribution is 0.804. The first kappa shape index (κ1) is 9.36. The minimum atomic E-state index is 0.297. The monoisotopic (exact) mass is 184 g/mol. The Bertz CT molecular complexity index is 233. The summed E-state index contributed by atoms with van der Waals surface area (Å²) in [6, 6.07) is 7.88. The molecular formula is C9H13ClN2. The quantitative estimate of drug-likeness (QED) is 0.755. The highest BCUT2D eigenvalue weighted by molar-refractivity contribution is 6.30. The highest BCUT2D eigenvalue weighted by Gasteiger charge is 1.97. The first-order valence-corrected chi connectivity index (χ1v) is 4.32. The molecule has 66 valence electrons. The molecule has 0 amide bonds. The Balaban J connectivity index is 2.58. The summed E-state index contributed by atoms with van der Waals surface area (Å²) in [5, 5.41) is 3.99. The molecule has 1 unspecified atom stereocenters. The summed E-state index contributed by atoms with van der Waals surface area (Å²) < 4.78 is 0. The summed E-state index contributed by atoms with van der Waals surface area (Å²) in [5.74, 6) is 0. The van der Waals surface area contributed by atoms with Crippen molar-refractivity contribution in [1.29, 1.82) is 0 Å². The van der Waals surface area contributed by atoms with Crippen LogP contribution in [-0.2, 0) is 0 Å². The van der Waals surface area contributed by atoms with Crippen LogP contribution in [0.4, 0.5) is 5.69 Å². The lowest BCUT2D eigenvalue weighted by Gasteiger charge is -2.12. The van der Waals surface area contributed by atoms with Crippen molar-refractivity contribution in [2.45, 2.75) is 13.0 Å². The van der Waals surface area contributed by atoms with Gasteiger partial charge in [0.25, 0.3) is 0 Å². The normalized spacial score (nSPS) is 12.6. The molecule has 0 fully saturated rings. The van der Waals surface area contributed by atoms with Crippen LogP contribution in [0.3, 0.4) is 0 Å². The summed E-state index contributed by atoms with van der Waals surface area (Å²) in [5.41, 5.74) is 6.51. The predicted octanol–water partition coefficient (Wildman–Crippen LogP) is 2.10. The average molecular weight is 185 g/mol. The minimum Gasteiger partial charge on any atom is -0.381 e. The largest absolute Gasteiger partial charge is 0.381 e. The highest BCUT2D eigenvalue weighted by Crippen LogP contribution is 2.13. The summed E-state index contributed by atoms with van der Waals surface area (Å²) in [7, 11) is 0. The van der Waals surface area contributed by atoms with Crippen LogP contribution < -0.4 is 11.1 Å². The second-order valence-corrected chi connectivity index (χ2v) is 3.22. The van der Waals surface area contributed by atoms with Gasteiger partial charge in [0.1, 0.15) is 0 Å². The Hall–Kier alpha value is -0.730. The van der Waals surface area contributed by atoms with E-state index in [0.29, 0.717) is 12.6 Å². The molecule has 1 rings (SSSR count). The molecule has 1 aromatic rings. The zero-order valence-electron chi connectivity index (χ0n) is 7.05. The van der Waals surface area contributed by atoms with Gasteiger partial charge in [0.15, 0.2) is 0 Å². The van der Waals surface area contributed by atoms with Crippen molar-refractivity contribution in [2.75, 3.05) is 11.9 Å². The van der Waals surface area contributed by atoms with Crippen molar-refractivity contribution in [2.24, 2.45) is 5.73 Å². The number of benzene rings is 1. The summed E-state index contributed by atoms with van der Waals surface area (Å²) in [6.07, 6.45) is 0. The molecule has 0 aliphatic carbocycles. The molecule has 1 atom stereocenters. The first-order valence-electron chi connectivity index (χ1n) is 3.94. The predicted molar refractivity (Wildman–Crippen MR) is 53.6 cm³/mol. The van der Waals surface area contributed by atoms with E-state index in [0.717, 1.165) is 10.7 Å². The SMILES string of the molecule is CC(CN)Nc1ccc(Cl)cc1. The van der Waals surface area contributed by atoms with Crippen LogP contribution in [0.15, 0.2) is 24.3 Å². The molecule has 0 saturated carbocycles. The molecule has 0 bridgehead atoms. The molecule has 0 aliphatic heterocycles. The van der Waals surface area contributed by atoms with E-state index in [1.165, 1.54) is 0 Å². The molecule has 0 radical (unpaired) electrons. The summed E-state index contributed by atoms with van der Waals surface area (Å²) in [4.78, 5) is 0. The summed E-state index contributed by atoms with van der Waals surface area (Å²) >= 11 is 5.73. The van der Waals surface area contributed by atoms with Gasteiger partial charge in [-0.15, -0.1) is 0 Å². The van der Waals surface area contributed by atoms with E-state index in [4.69, 9.17) is 17.3 Å². The molecule has 2 nitrogen and oxygen atoms in total. The second-order valence-electron chi connectivity index (χ2n) is 2.79. The van der Waals surface area contributed by atoms with Gasteiger partial charge in [-0.3, -0.25) is 0 Å². The minimum absolute atomic E-state index is 0.297. The Morgan fingerprint density at radius 2 is 2.00 bits per heavy atom. The number of hydrogen-bond acceptors (Lipinski definition) is 2. The van der Waals surface area contributed by atoms with Crippen molar-refractivity contribution >= 4 is 17.3 Å². The number of nitrogens with two attached hydrogens (primary N) is 1. The van der Waals surface area contributed by atoms with E-state index >= 15 is 0 Å². The van der Waals surface area contributed by atoms with Crippen molar-refractivity contribution in [3.8, 4) is 0 Å². The average Bonchev–Trinajstić information content (AvgIpc) is 2.09. The Morgan fingerprint density at radius 1 is 1.42 bits per heavy atom. The van der Waals surface area contributed by atoms with Crippen molar-refractivity contribution in [1.82, 2.24) is 0 Å². The zero-order valence-corrected chi connectivity index (χ0v) is 7.81. The lowest BCUT2D eigenvalue weighted by atomic mass is 10.2.